The molecule has 0 aliphatic carbocycles. The van der Waals surface area contributed by atoms with Gasteiger partial charge in [0, 0.05) is 61.5 Å². The van der Waals surface area contributed by atoms with E-state index in [4.69, 9.17) is 14.7 Å². The van der Waals surface area contributed by atoms with Crippen molar-refractivity contribution < 1.29 is 9.13 Å². The zero-order chi connectivity index (χ0) is 26.1. The summed E-state index contributed by atoms with van der Waals surface area (Å²) in [6.45, 7) is 3.75. The molecule has 8 rings (SSSR count). The molecule has 6 heterocycles. The van der Waals surface area contributed by atoms with E-state index in [1.807, 2.05) is 17.9 Å². The number of ether oxygens (including phenoxy) is 1. The number of aromatic nitrogens is 4. The maximum atomic E-state index is 14.4. The summed E-state index contributed by atoms with van der Waals surface area (Å²) in [5.41, 5.74) is 3.95. The van der Waals surface area contributed by atoms with Crippen LogP contribution < -0.4 is 15.0 Å². The van der Waals surface area contributed by atoms with Gasteiger partial charge in [0.2, 0.25) is 0 Å². The fourth-order valence-corrected chi connectivity index (χ4v) is 7.65. The van der Waals surface area contributed by atoms with Crippen LogP contribution in [0.15, 0.2) is 42.6 Å². The van der Waals surface area contributed by atoms with Crippen LogP contribution in [0.3, 0.4) is 0 Å². The van der Waals surface area contributed by atoms with Gasteiger partial charge in [-0.3, -0.25) is 9.58 Å². The molecule has 4 fully saturated rings. The van der Waals surface area contributed by atoms with Crippen LogP contribution in [0.25, 0.3) is 32.9 Å². The molecule has 2 aromatic carbocycles. The minimum atomic E-state index is -0.782. The number of alkyl halides is 1. The molecule has 0 unspecified atom stereocenters. The third-order valence-corrected chi connectivity index (χ3v) is 9.48. The largest absolute Gasteiger partial charge is 0.461 e. The van der Waals surface area contributed by atoms with Crippen molar-refractivity contribution in [2.75, 3.05) is 37.7 Å². The number of hydrogen-bond donors (Lipinski definition) is 1. The third-order valence-electron chi connectivity index (χ3n) is 9.48. The summed E-state index contributed by atoms with van der Waals surface area (Å²) in [6, 6.07) is 14.2. The van der Waals surface area contributed by atoms with Crippen molar-refractivity contribution in [2.45, 2.75) is 55.9 Å². The highest BCUT2D eigenvalue weighted by atomic mass is 19.1. The first kappa shape index (κ1) is 23.6. The van der Waals surface area contributed by atoms with Gasteiger partial charge in [-0.1, -0.05) is 24.3 Å². The normalized spacial score (nSPS) is 28.6. The Morgan fingerprint density at radius 3 is 2.85 bits per heavy atom. The molecule has 1 N–H and O–H groups in total. The van der Waals surface area contributed by atoms with E-state index in [1.54, 1.807) is 0 Å². The first-order valence-electron chi connectivity index (χ1n) is 14.3. The smallest absolute Gasteiger partial charge is 0.319 e. The van der Waals surface area contributed by atoms with Gasteiger partial charge in [0.1, 0.15) is 18.6 Å². The molecule has 39 heavy (non-hydrogen) atoms. The van der Waals surface area contributed by atoms with Crippen LogP contribution in [0.5, 0.6) is 6.01 Å². The van der Waals surface area contributed by atoms with Crippen LogP contribution in [-0.4, -0.2) is 81.2 Å². The first-order valence-corrected chi connectivity index (χ1v) is 14.3. The number of hydrogen-bond acceptors (Lipinski definition) is 7. The maximum Gasteiger partial charge on any atom is 0.319 e. The quantitative estimate of drug-likeness (QED) is 0.419. The molecule has 4 atom stereocenters. The summed E-state index contributed by atoms with van der Waals surface area (Å²) in [4.78, 5) is 14.6. The van der Waals surface area contributed by atoms with Crippen molar-refractivity contribution in [3.8, 4) is 17.1 Å². The van der Waals surface area contributed by atoms with Crippen LogP contribution >= 0.6 is 0 Å². The molecular weight excluding hydrogens is 493 g/mol. The third kappa shape index (κ3) is 3.89. The number of benzene rings is 2. The number of nitrogens with zero attached hydrogens (tertiary/aromatic N) is 6. The number of piperazine rings is 1. The van der Waals surface area contributed by atoms with E-state index in [2.05, 4.69) is 56.6 Å². The molecule has 4 aliphatic heterocycles. The fourth-order valence-electron chi connectivity index (χ4n) is 7.65. The average molecular weight is 528 g/mol. The van der Waals surface area contributed by atoms with E-state index in [0.29, 0.717) is 37.7 Å². The molecule has 4 aromatic rings. The summed E-state index contributed by atoms with van der Waals surface area (Å²) in [5.74, 6) is 0.939. The van der Waals surface area contributed by atoms with E-state index in [9.17, 15) is 4.39 Å². The van der Waals surface area contributed by atoms with Gasteiger partial charge in [-0.2, -0.15) is 15.1 Å². The SMILES string of the molecule is Cn1ncc2cccc(-c3ccc4c(N5C[C@H]6CC[C@@H](C5)N6)nc(OC[C@@]56CCCN5C[C@H](F)C6)nc4c3)c21. The van der Waals surface area contributed by atoms with Crippen LogP contribution in [0, 0.1) is 0 Å². The number of para-hydroxylation sites is 1. The Morgan fingerprint density at radius 1 is 1.10 bits per heavy atom. The number of rotatable bonds is 5. The number of nitrogens with one attached hydrogen (secondary N) is 1. The van der Waals surface area contributed by atoms with Crippen LogP contribution in [-0.2, 0) is 7.05 Å². The van der Waals surface area contributed by atoms with Gasteiger partial charge in [-0.05, 0) is 49.9 Å². The molecule has 202 valence electrons. The molecule has 4 saturated heterocycles. The standard InChI is InChI=1S/C30H34FN7O/c1-36-27-20(14-32-36)4-2-5-24(27)19-6-9-25-26(12-19)34-29(35-28(25)37-16-22-7-8-23(17-37)33-22)39-18-30-10-3-11-38(30)15-21(31)13-30/h2,4-6,9,12,14,21-23,33H,3,7-8,10-11,13,15-18H2,1H3/t21-,22-,23+,30+/m1/s1. The molecule has 0 saturated carbocycles. The number of halogens is 1. The second-order valence-electron chi connectivity index (χ2n) is 12.0. The van der Waals surface area contributed by atoms with Crippen molar-refractivity contribution in [1.82, 2.24) is 30.0 Å². The summed E-state index contributed by atoms with van der Waals surface area (Å²) >= 11 is 0. The van der Waals surface area contributed by atoms with Crippen LogP contribution in [0.1, 0.15) is 32.1 Å². The predicted octanol–water partition coefficient (Wildman–Crippen LogP) is 4.08. The van der Waals surface area contributed by atoms with E-state index in [-0.39, 0.29) is 5.54 Å². The lowest BCUT2D eigenvalue weighted by Gasteiger charge is -2.34. The Balaban J connectivity index is 1.21. The summed E-state index contributed by atoms with van der Waals surface area (Å²) in [5, 5.41) is 10.4. The zero-order valence-electron chi connectivity index (χ0n) is 22.3. The highest BCUT2D eigenvalue weighted by Gasteiger charge is 2.49. The second-order valence-corrected chi connectivity index (χ2v) is 12.0. The predicted molar refractivity (Wildman–Crippen MR) is 150 cm³/mol. The molecule has 4 aliphatic rings. The number of fused-ring (bicyclic) bond motifs is 5. The Hall–Kier alpha value is -3.30. The van der Waals surface area contributed by atoms with Crippen molar-refractivity contribution in [2.24, 2.45) is 7.05 Å². The lowest BCUT2D eigenvalue weighted by molar-refractivity contribution is 0.107. The van der Waals surface area contributed by atoms with Crippen LogP contribution in [0.4, 0.5) is 10.2 Å². The van der Waals surface area contributed by atoms with E-state index in [0.717, 1.165) is 71.2 Å². The summed E-state index contributed by atoms with van der Waals surface area (Å²) in [7, 11) is 1.98. The minimum Gasteiger partial charge on any atom is -0.461 e. The van der Waals surface area contributed by atoms with Crippen molar-refractivity contribution in [1.29, 1.82) is 0 Å². The lowest BCUT2D eigenvalue weighted by Crippen LogP contribution is -2.51. The molecule has 9 heteroatoms. The Morgan fingerprint density at radius 2 is 1.97 bits per heavy atom. The van der Waals surface area contributed by atoms with Crippen LogP contribution in [0.2, 0.25) is 0 Å². The topological polar surface area (TPSA) is 71.3 Å². The Kier molecular flexibility index (Phi) is 5.35. The average Bonchev–Trinajstić information content (AvgIpc) is 3.69. The van der Waals surface area contributed by atoms with Gasteiger partial charge in [0.05, 0.1) is 22.8 Å². The molecule has 0 spiro atoms. The molecule has 0 amide bonds. The van der Waals surface area contributed by atoms with Gasteiger partial charge in [0.25, 0.3) is 0 Å². The highest BCUT2D eigenvalue weighted by Crippen LogP contribution is 2.41. The zero-order valence-corrected chi connectivity index (χ0v) is 22.3. The Bertz CT molecular complexity index is 1560. The Labute approximate surface area is 227 Å². The second kappa shape index (κ2) is 8.86. The monoisotopic (exact) mass is 527 g/mol. The van der Waals surface area contributed by atoms with E-state index >= 15 is 0 Å². The highest BCUT2D eigenvalue weighted by molar-refractivity contribution is 5.98. The minimum absolute atomic E-state index is 0.233. The molecular formula is C30H34FN7O. The first-order chi connectivity index (χ1) is 19.0. The van der Waals surface area contributed by atoms with Gasteiger partial charge in [-0.25, -0.2) is 4.39 Å². The fraction of sp³-hybridized carbons (Fsp3) is 0.500. The summed E-state index contributed by atoms with van der Waals surface area (Å²) in [6.07, 6.45) is 6.12. The van der Waals surface area contributed by atoms with Gasteiger partial charge >= 0.3 is 6.01 Å². The van der Waals surface area contributed by atoms with Crippen molar-refractivity contribution in [3.05, 3.63) is 42.6 Å². The van der Waals surface area contributed by atoms with Crippen molar-refractivity contribution >= 4 is 27.6 Å². The van der Waals surface area contributed by atoms with E-state index < -0.39 is 6.17 Å². The lowest BCUT2D eigenvalue weighted by atomic mass is 9.95. The summed E-state index contributed by atoms with van der Waals surface area (Å²) < 4.78 is 22.7. The van der Waals surface area contributed by atoms with Gasteiger partial charge < -0.3 is 15.0 Å². The molecule has 8 nitrogen and oxygen atoms in total. The van der Waals surface area contributed by atoms with Gasteiger partial charge in [0.15, 0.2) is 0 Å². The number of anilines is 1. The number of aryl methyl sites for hydroxylation is 1. The van der Waals surface area contributed by atoms with E-state index in [1.165, 1.54) is 12.8 Å². The van der Waals surface area contributed by atoms with Crippen molar-refractivity contribution in [3.63, 3.8) is 0 Å². The molecule has 0 radical (unpaired) electrons. The molecule has 2 bridgehead atoms. The molecule has 2 aromatic heterocycles. The van der Waals surface area contributed by atoms with Gasteiger partial charge in [-0.15, -0.1) is 0 Å². The maximum absolute atomic E-state index is 14.4.